The molecule has 0 N–H and O–H groups in total. The van der Waals surface area contributed by atoms with E-state index in [1.54, 1.807) is 12.3 Å². The molecule has 0 saturated carbocycles. The lowest BCUT2D eigenvalue weighted by Gasteiger charge is -2.13. The van der Waals surface area contributed by atoms with E-state index in [0.717, 1.165) is 26.9 Å². The quantitative estimate of drug-likeness (QED) is 0.770. The smallest absolute Gasteiger partial charge is 0.140 e. The molecule has 3 nitrogen and oxygen atoms in total. The Morgan fingerprint density at radius 2 is 2.20 bits per heavy atom. The normalized spacial score (nSPS) is 10.1. The highest BCUT2D eigenvalue weighted by molar-refractivity contribution is 9.10. The van der Waals surface area contributed by atoms with Gasteiger partial charge in [-0.25, -0.2) is 4.98 Å². The van der Waals surface area contributed by atoms with Crippen LogP contribution in [0, 0.1) is 18.3 Å². The summed E-state index contributed by atoms with van der Waals surface area (Å²) in [5, 5.41) is 8.83. The molecule has 2 aromatic rings. The largest absolute Gasteiger partial charge is 0.488 e. The summed E-state index contributed by atoms with van der Waals surface area (Å²) < 4.78 is 6.84. The van der Waals surface area contributed by atoms with Gasteiger partial charge in [-0.15, -0.1) is 11.6 Å². The predicted octanol–water partition coefficient (Wildman–Crippen LogP) is 4.34. The highest BCUT2D eigenvalue weighted by Crippen LogP contribution is 2.30. The number of rotatable bonds is 4. The van der Waals surface area contributed by atoms with Gasteiger partial charge in [-0.05, 0) is 42.3 Å². The van der Waals surface area contributed by atoms with Crippen molar-refractivity contribution in [3.8, 4) is 11.8 Å². The molecule has 0 bridgehead atoms. The molecule has 20 heavy (non-hydrogen) atoms. The highest BCUT2D eigenvalue weighted by atomic mass is 79.9. The zero-order chi connectivity index (χ0) is 14.5. The summed E-state index contributed by atoms with van der Waals surface area (Å²) in [6.07, 6.45) is 1.61. The molecule has 0 unspecified atom stereocenters. The van der Waals surface area contributed by atoms with E-state index in [-0.39, 0.29) is 0 Å². The topological polar surface area (TPSA) is 45.9 Å². The number of alkyl halides is 1. The molecular formula is C15H12BrClN2O. The van der Waals surface area contributed by atoms with Crippen LogP contribution in [0.5, 0.6) is 5.75 Å². The van der Waals surface area contributed by atoms with Crippen LogP contribution in [0.3, 0.4) is 0 Å². The molecule has 0 aliphatic carbocycles. The van der Waals surface area contributed by atoms with Gasteiger partial charge in [0.2, 0.25) is 0 Å². The number of hydrogen-bond donors (Lipinski definition) is 0. The SMILES string of the molecule is Cc1cc(Br)cc(CCl)c1OCc1ccnc(C#N)c1. The molecule has 1 heterocycles. The molecule has 2 rings (SSSR count). The second-order valence-corrected chi connectivity index (χ2v) is 5.48. The van der Waals surface area contributed by atoms with Crippen LogP contribution < -0.4 is 4.74 Å². The van der Waals surface area contributed by atoms with Gasteiger partial charge in [-0.1, -0.05) is 15.9 Å². The van der Waals surface area contributed by atoms with Crippen LogP contribution in [0.15, 0.2) is 34.9 Å². The number of aryl methyl sites for hydroxylation is 1. The second kappa shape index (κ2) is 6.74. The Kier molecular flexibility index (Phi) is 4.99. The van der Waals surface area contributed by atoms with Crippen LogP contribution in [-0.4, -0.2) is 4.98 Å². The number of hydrogen-bond acceptors (Lipinski definition) is 3. The maximum Gasteiger partial charge on any atom is 0.140 e. The van der Waals surface area contributed by atoms with Crippen LogP contribution in [0.2, 0.25) is 0 Å². The molecule has 5 heteroatoms. The van der Waals surface area contributed by atoms with Crippen LogP contribution in [-0.2, 0) is 12.5 Å². The van der Waals surface area contributed by atoms with Crippen molar-refractivity contribution in [3.63, 3.8) is 0 Å². The second-order valence-electron chi connectivity index (χ2n) is 4.29. The van der Waals surface area contributed by atoms with Gasteiger partial charge in [-0.2, -0.15) is 5.26 Å². The molecule has 0 spiro atoms. The fraction of sp³-hybridized carbons (Fsp3) is 0.200. The van der Waals surface area contributed by atoms with E-state index < -0.39 is 0 Å². The Balaban J connectivity index is 2.20. The Hall–Kier alpha value is -1.57. The van der Waals surface area contributed by atoms with Crippen molar-refractivity contribution in [1.29, 1.82) is 5.26 Å². The van der Waals surface area contributed by atoms with Gasteiger partial charge in [0.05, 0.1) is 5.88 Å². The minimum absolute atomic E-state index is 0.379. The number of aromatic nitrogens is 1. The third-order valence-electron chi connectivity index (χ3n) is 2.78. The van der Waals surface area contributed by atoms with Gasteiger partial charge in [0, 0.05) is 16.2 Å². The van der Waals surface area contributed by atoms with Gasteiger partial charge < -0.3 is 4.74 Å². The van der Waals surface area contributed by atoms with Gasteiger partial charge in [-0.3, -0.25) is 0 Å². The standard InChI is InChI=1S/C15H12BrClN2O/c1-10-4-13(16)6-12(7-17)15(10)20-9-11-2-3-19-14(5-11)8-18/h2-6H,7,9H2,1H3. The number of nitriles is 1. The molecule has 0 fully saturated rings. The van der Waals surface area contributed by atoms with E-state index >= 15 is 0 Å². The molecule has 0 atom stereocenters. The summed E-state index contributed by atoms with van der Waals surface area (Å²) >= 11 is 9.40. The van der Waals surface area contributed by atoms with Crippen molar-refractivity contribution < 1.29 is 4.74 Å². The maximum atomic E-state index is 8.83. The fourth-order valence-corrected chi connectivity index (χ4v) is 2.70. The molecule has 1 aromatic carbocycles. The summed E-state index contributed by atoms with van der Waals surface area (Å²) in [6.45, 7) is 2.35. The molecule has 102 valence electrons. The van der Waals surface area contributed by atoms with Crippen molar-refractivity contribution in [3.05, 3.63) is 57.3 Å². The summed E-state index contributed by atoms with van der Waals surface area (Å²) in [7, 11) is 0. The van der Waals surface area contributed by atoms with Crippen molar-refractivity contribution in [2.75, 3.05) is 0 Å². The fourth-order valence-electron chi connectivity index (χ4n) is 1.89. The number of nitrogens with zero attached hydrogens (tertiary/aromatic N) is 2. The van der Waals surface area contributed by atoms with Crippen molar-refractivity contribution >= 4 is 27.5 Å². The minimum atomic E-state index is 0.379. The number of pyridine rings is 1. The molecular weight excluding hydrogens is 340 g/mol. The molecule has 0 amide bonds. The van der Waals surface area contributed by atoms with Crippen LogP contribution >= 0.6 is 27.5 Å². The number of halogens is 2. The van der Waals surface area contributed by atoms with Gasteiger partial charge in [0.1, 0.15) is 24.1 Å². The van der Waals surface area contributed by atoms with Crippen molar-refractivity contribution in [2.45, 2.75) is 19.4 Å². The monoisotopic (exact) mass is 350 g/mol. The van der Waals surface area contributed by atoms with E-state index in [2.05, 4.69) is 20.9 Å². The van der Waals surface area contributed by atoms with Crippen LogP contribution in [0.4, 0.5) is 0 Å². The maximum absolute atomic E-state index is 8.83. The molecule has 0 saturated heterocycles. The van der Waals surface area contributed by atoms with E-state index in [4.69, 9.17) is 21.6 Å². The van der Waals surface area contributed by atoms with Crippen molar-refractivity contribution in [2.24, 2.45) is 0 Å². The van der Waals surface area contributed by atoms with E-state index in [9.17, 15) is 0 Å². The lowest BCUT2D eigenvalue weighted by molar-refractivity contribution is 0.301. The van der Waals surface area contributed by atoms with Crippen molar-refractivity contribution in [1.82, 2.24) is 4.98 Å². The first-order valence-corrected chi connectivity index (χ1v) is 7.29. The first-order valence-electron chi connectivity index (χ1n) is 5.97. The zero-order valence-electron chi connectivity index (χ0n) is 10.9. The van der Waals surface area contributed by atoms with E-state index in [0.29, 0.717) is 18.2 Å². The summed E-state index contributed by atoms with van der Waals surface area (Å²) in [4.78, 5) is 3.93. The average Bonchev–Trinajstić information content (AvgIpc) is 2.45. The third-order valence-corrected chi connectivity index (χ3v) is 3.53. The van der Waals surface area contributed by atoms with Crippen LogP contribution in [0.1, 0.15) is 22.4 Å². The molecule has 1 aromatic heterocycles. The number of benzene rings is 1. The highest BCUT2D eigenvalue weighted by Gasteiger charge is 2.09. The Labute approximate surface area is 131 Å². The Morgan fingerprint density at radius 1 is 1.40 bits per heavy atom. The van der Waals surface area contributed by atoms with E-state index in [1.807, 2.05) is 31.2 Å². The van der Waals surface area contributed by atoms with E-state index in [1.165, 1.54) is 0 Å². The number of ether oxygens (including phenoxy) is 1. The van der Waals surface area contributed by atoms with Gasteiger partial charge in [0.25, 0.3) is 0 Å². The molecule has 0 aliphatic heterocycles. The lowest BCUT2D eigenvalue weighted by Crippen LogP contribution is -2.01. The molecule has 0 radical (unpaired) electrons. The zero-order valence-corrected chi connectivity index (χ0v) is 13.2. The van der Waals surface area contributed by atoms with Gasteiger partial charge >= 0.3 is 0 Å². The van der Waals surface area contributed by atoms with Crippen LogP contribution in [0.25, 0.3) is 0 Å². The third kappa shape index (κ3) is 3.50. The summed E-state index contributed by atoms with van der Waals surface area (Å²) in [5.74, 6) is 1.17. The van der Waals surface area contributed by atoms with Gasteiger partial charge in [0.15, 0.2) is 0 Å². The Bertz CT molecular complexity index is 667. The molecule has 0 aliphatic rings. The minimum Gasteiger partial charge on any atom is -0.488 e. The average molecular weight is 352 g/mol. The first kappa shape index (κ1) is 14.8. The lowest BCUT2D eigenvalue weighted by atomic mass is 10.1. The summed E-state index contributed by atoms with van der Waals surface area (Å²) in [5.41, 5.74) is 3.24. The summed E-state index contributed by atoms with van der Waals surface area (Å²) in [6, 6.07) is 9.49. The first-order chi connectivity index (χ1) is 9.63. The Morgan fingerprint density at radius 3 is 2.90 bits per heavy atom. The predicted molar refractivity (Wildman–Crippen MR) is 81.7 cm³/mol.